The summed E-state index contributed by atoms with van der Waals surface area (Å²) < 4.78 is 11.8. The van der Waals surface area contributed by atoms with Crippen LogP contribution in [0.15, 0.2) is 48.5 Å². The van der Waals surface area contributed by atoms with E-state index in [9.17, 15) is 0 Å². The van der Waals surface area contributed by atoms with Gasteiger partial charge >= 0.3 is 0 Å². The number of para-hydroxylation sites is 2. The molecule has 2 aromatic rings. The Morgan fingerprint density at radius 1 is 0.889 bits per heavy atom. The Bertz CT molecular complexity index is 566. The van der Waals surface area contributed by atoms with Crippen molar-refractivity contribution >= 4 is 0 Å². The van der Waals surface area contributed by atoms with Crippen LogP contribution >= 0.6 is 0 Å². The Labute approximate surface area is 106 Å². The third-order valence-electron chi connectivity index (χ3n) is 3.86. The molecule has 4 rings (SSSR count). The molecular formula is C16H14O2. The number of ether oxygens (including phenoxy) is 2. The summed E-state index contributed by atoms with van der Waals surface area (Å²) in [6, 6.07) is 16.6. The van der Waals surface area contributed by atoms with E-state index < -0.39 is 0 Å². The van der Waals surface area contributed by atoms with E-state index in [1.807, 2.05) is 18.2 Å². The summed E-state index contributed by atoms with van der Waals surface area (Å²) in [5, 5.41) is 0. The van der Waals surface area contributed by atoms with E-state index in [0.29, 0.717) is 5.92 Å². The van der Waals surface area contributed by atoms with Gasteiger partial charge in [0.05, 0.1) is 12.5 Å². The van der Waals surface area contributed by atoms with Crippen LogP contribution in [0.3, 0.4) is 0 Å². The second kappa shape index (κ2) is 3.77. The molecule has 2 atom stereocenters. The largest absolute Gasteiger partial charge is 0.493 e. The number of hydrogen-bond acceptors (Lipinski definition) is 2. The molecule has 0 amide bonds. The first kappa shape index (κ1) is 10.0. The van der Waals surface area contributed by atoms with Crippen molar-refractivity contribution in [3.05, 3.63) is 59.7 Å². The Hall–Kier alpha value is -1.96. The van der Waals surface area contributed by atoms with E-state index >= 15 is 0 Å². The average Bonchev–Trinajstić information content (AvgIpc) is 3.02. The van der Waals surface area contributed by atoms with Gasteiger partial charge in [-0.3, -0.25) is 0 Å². The lowest BCUT2D eigenvalue weighted by Crippen LogP contribution is -2.24. The normalized spacial score (nSPS) is 24.0. The molecule has 0 bridgehead atoms. The van der Waals surface area contributed by atoms with Crippen LogP contribution in [0.2, 0.25) is 0 Å². The van der Waals surface area contributed by atoms with Crippen LogP contribution in [0.5, 0.6) is 11.5 Å². The van der Waals surface area contributed by atoms with Crippen molar-refractivity contribution in [3.63, 3.8) is 0 Å². The van der Waals surface area contributed by atoms with Crippen LogP contribution in [-0.2, 0) is 6.42 Å². The van der Waals surface area contributed by atoms with Gasteiger partial charge in [0.1, 0.15) is 17.6 Å². The third-order valence-corrected chi connectivity index (χ3v) is 3.86. The molecule has 2 heteroatoms. The molecule has 0 N–H and O–H groups in total. The van der Waals surface area contributed by atoms with Crippen LogP contribution < -0.4 is 9.47 Å². The Balaban J connectivity index is 1.65. The molecule has 2 nitrogen and oxygen atoms in total. The molecule has 90 valence electrons. The number of benzene rings is 2. The maximum absolute atomic E-state index is 6.07. The highest BCUT2D eigenvalue weighted by atomic mass is 16.5. The summed E-state index contributed by atoms with van der Waals surface area (Å²) in [7, 11) is 0. The van der Waals surface area contributed by atoms with Gasteiger partial charge < -0.3 is 9.47 Å². The van der Waals surface area contributed by atoms with Gasteiger partial charge in [-0.15, -0.1) is 0 Å². The molecular weight excluding hydrogens is 224 g/mol. The highest BCUT2D eigenvalue weighted by Crippen LogP contribution is 2.41. The number of hydrogen-bond donors (Lipinski definition) is 0. The van der Waals surface area contributed by atoms with E-state index in [-0.39, 0.29) is 6.10 Å². The smallest absolute Gasteiger partial charge is 0.123 e. The lowest BCUT2D eigenvalue weighted by Gasteiger charge is -2.17. The average molecular weight is 238 g/mol. The van der Waals surface area contributed by atoms with Crippen molar-refractivity contribution in [2.24, 2.45) is 0 Å². The SMILES string of the molecule is c1ccc2c(c1)CC(C1COc3ccccc31)O2. The zero-order valence-corrected chi connectivity index (χ0v) is 10.0. The maximum atomic E-state index is 6.07. The van der Waals surface area contributed by atoms with E-state index in [1.165, 1.54) is 11.1 Å². The zero-order valence-electron chi connectivity index (χ0n) is 10.0. The van der Waals surface area contributed by atoms with Gasteiger partial charge in [0.25, 0.3) is 0 Å². The Morgan fingerprint density at radius 2 is 1.67 bits per heavy atom. The van der Waals surface area contributed by atoms with Gasteiger partial charge in [-0.25, -0.2) is 0 Å². The predicted octanol–water partition coefficient (Wildman–Crippen LogP) is 3.17. The standard InChI is InChI=1S/C16H14O2/c1-3-7-14-11(5-1)9-16(18-14)13-10-17-15-8-4-2-6-12(13)15/h1-8,13,16H,9-10H2. The van der Waals surface area contributed by atoms with Crippen molar-refractivity contribution in [3.8, 4) is 11.5 Å². The summed E-state index contributed by atoms with van der Waals surface area (Å²) in [5.74, 6) is 2.41. The lowest BCUT2D eigenvalue weighted by molar-refractivity contribution is 0.175. The lowest BCUT2D eigenvalue weighted by atomic mass is 9.93. The number of rotatable bonds is 1. The molecule has 0 aliphatic carbocycles. The van der Waals surface area contributed by atoms with E-state index in [1.54, 1.807) is 0 Å². The van der Waals surface area contributed by atoms with Crippen LogP contribution in [0.25, 0.3) is 0 Å². The second-order valence-electron chi connectivity index (χ2n) is 4.92. The molecule has 0 saturated heterocycles. The topological polar surface area (TPSA) is 18.5 Å². The first-order valence-corrected chi connectivity index (χ1v) is 6.38. The van der Waals surface area contributed by atoms with Crippen molar-refractivity contribution in [2.75, 3.05) is 6.61 Å². The molecule has 2 unspecified atom stereocenters. The minimum Gasteiger partial charge on any atom is -0.493 e. The Morgan fingerprint density at radius 3 is 2.56 bits per heavy atom. The molecule has 2 aliphatic heterocycles. The predicted molar refractivity (Wildman–Crippen MR) is 69.2 cm³/mol. The molecule has 0 aromatic heterocycles. The molecule has 0 radical (unpaired) electrons. The summed E-state index contributed by atoms with van der Waals surface area (Å²) in [6.07, 6.45) is 1.20. The monoisotopic (exact) mass is 238 g/mol. The van der Waals surface area contributed by atoms with E-state index in [4.69, 9.17) is 9.47 Å². The summed E-state index contributed by atoms with van der Waals surface area (Å²) in [5.41, 5.74) is 2.60. The molecule has 2 heterocycles. The van der Waals surface area contributed by atoms with Gasteiger partial charge in [0.2, 0.25) is 0 Å². The van der Waals surface area contributed by atoms with Gasteiger partial charge in [-0.1, -0.05) is 36.4 Å². The van der Waals surface area contributed by atoms with Gasteiger partial charge in [-0.05, 0) is 17.7 Å². The molecule has 0 fully saturated rings. The second-order valence-corrected chi connectivity index (χ2v) is 4.92. The van der Waals surface area contributed by atoms with Crippen molar-refractivity contribution < 1.29 is 9.47 Å². The van der Waals surface area contributed by atoms with Gasteiger partial charge in [0, 0.05) is 12.0 Å². The maximum Gasteiger partial charge on any atom is 0.123 e. The van der Waals surface area contributed by atoms with Crippen molar-refractivity contribution in [1.29, 1.82) is 0 Å². The third kappa shape index (κ3) is 1.42. The fourth-order valence-corrected chi connectivity index (χ4v) is 2.93. The minimum absolute atomic E-state index is 0.214. The number of fused-ring (bicyclic) bond motifs is 2. The highest BCUT2D eigenvalue weighted by molar-refractivity contribution is 5.43. The van der Waals surface area contributed by atoms with Gasteiger partial charge in [-0.2, -0.15) is 0 Å². The molecule has 0 saturated carbocycles. The van der Waals surface area contributed by atoms with Crippen molar-refractivity contribution in [2.45, 2.75) is 18.4 Å². The fourth-order valence-electron chi connectivity index (χ4n) is 2.93. The summed E-state index contributed by atoms with van der Waals surface area (Å²) in [4.78, 5) is 0. The van der Waals surface area contributed by atoms with E-state index in [2.05, 4.69) is 30.3 Å². The Kier molecular flexibility index (Phi) is 2.10. The minimum atomic E-state index is 0.214. The zero-order chi connectivity index (χ0) is 11.9. The molecule has 2 aliphatic rings. The quantitative estimate of drug-likeness (QED) is 0.759. The summed E-state index contributed by atoms with van der Waals surface area (Å²) >= 11 is 0. The van der Waals surface area contributed by atoms with Crippen LogP contribution in [0.1, 0.15) is 17.0 Å². The molecule has 0 spiro atoms. The first-order valence-electron chi connectivity index (χ1n) is 6.38. The van der Waals surface area contributed by atoms with Crippen LogP contribution in [0.4, 0.5) is 0 Å². The van der Waals surface area contributed by atoms with Gasteiger partial charge in [0.15, 0.2) is 0 Å². The fraction of sp³-hybridized carbons (Fsp3) is 0.250. The molecule has 2 aromatic carbocycles. The van der Waals surface area contributed by atoms with E-state index in [0.717, 1.165) is 24.5 Å². The van der Waals surface area contributed by atoms with Crippen LogP contribution in [0, 0.1) is 0 Å². The molecule has 18 heavy (non-hydrogen) atoms. The van der Waals surface area contributed by atoms with Crippen molar-refractivity contribution in [1.82, 2.24) is 0 Å². The summed E-state index contributed by atoms with van der Waals surface area (Å²) in [6.45, 7) is 0.734. The highest BCUT2D eigenvalue weighted by Gasteiger charge is 2.36. The first-order chi connectivity index (χ1) is 8.92. The van der Waals surface area contributed by atoms with Crippen LogP contribution in [-0.4, -0.2) is 12.7 Å².